The Morgan fingerprint density at radius 2 is 2.25 bits per heavy atom. The van der Waals surface area contributed by atoms with E-state index >= 15 is 0 Å². The minimum absolute atomic E-state index is 0.444. The van der Waals surface area contributed by atoms with Crippen molar-refractivity contribution in [1.29, 1.82) is 0 Å². The van der Waals surface area contributed by atoms with Gasteiger partial charge in [-0.15, -0.1) is 6.58 Å². The molecule has 2 N–H and O–H groups in total. The molecule has 0 aromatic carbocycles. The molecule has 0 unspecified atom stereocenters. The lowest BCUT2D eigenvalue weighted by molar-refractivity contribution is 0.146. The van der Waals surface area contributed by atoms with Crippen molar-refractivity contribution >= 4 is 0 Å². The third-order valence-electron chi connectivity index (χ3n) is 2.30. The second-order valence-electron chi connectivity index (χ2n) is 3.59. The molecule has 0 aliphatic carbocycles. The van der Waals surface area contributed by atoms with Gasteiger partial charge in [0.25, 0.3) is 0 Å². The smallest absolute Gasteiger partial charge is 0.118 e. The molecule has 0 atom stereocenters. The molecule has 1 heterocycles. The van der Waals surface area contributed by atoms with Gasteiger partial charge in [-0.3, -0.25) is 4.90 Å². The summed E-state index contributed by atoms with van der Waals surface area (Å²) >= 11 is 0. The molecule has 0 aliphatic rings. The van der Waals surface area contributed by atoms with Crippen molar-refractivity contribution in [1.82, 2.24) is 4.90 Å². The number of hydrogen-bond donors (Lipinski definition) is 1. The summed E-state index contributed by atoms with van der Waals surface area (Å²) in [7, 11) is 1.70. The van der Waals surface area contributed by atoms with Gasteiger partial charge in [-0.2, -0.15) is 0 Å². The topological polar surface area (TPSA) is 51.6 Å². The van der Waals surface area contributed by atoms with Crippen LogP contribution in [-0.2, 0) is 17.8 Å². The van der Waals surface area contributed by atoms with Crippen LogP contribution in [0.25, 0.3) is 0 Å². The van der Waals surface area contributed by atoms with Gasteiger partial charge in [0.2, 0.25) is 0 Å². The van der Waals surface area contributed by atoms with E-state index in [0.29, 0.717) is 13.2 Å². The highest BCUT2D eigenvalue weighted by molar-refractivity contribution is 5.06. The fraction of sp³-hybridized carbons (Fsp3) is 0.500. The van der Waals surface area contributed by atoms with Crippen LogP contribution in [0, 0.1) is 0 Å². The van der Waals surface area contributed by atoms with Crippen molar-refractivity contribution in [3.8, 4) is 0 Å². The van der Waals surface area contributed by atoms with Crippen molar-refractivity contribution in [3.05, 3.63) is 36.3 Å². The van der Waals surface area contributed by atoms with Gasteiger partial charge >= 0.3 is 0 Å². The Kier molecular flexibility index (Phi) is 5.85. The molecule has 90 valence electrons. The zero-order valence-corrected chi connectivity index (χ0v) is 9.82. The van der Waals surface area contributed by atoms with Crippen molar-refractivity contribution in [3.63, 3.8) is 0 Å². The molecule has 0 bridgehead atoms. The Hall–Kier alpha value is -1.10. The molecule has 0 aliphatic heterocycles. The summed E-state index contributed by atoms with van der Waals surface area (Å²) in [6, 6.07) is 3.88. The summed E-state index contributed by atoms with van der Waals surface area (Å²) in [5.41, 5.74) is 5.49. The lowest BCUT2D eigenvalue weighted by atomic mass is 10.3. The number of nitrogens with zero attached hydrogens (tertiary/aromatic N) is 1. The van der Waals surface area contributed by atoms with Crippen LogP contribution in [0.5, 0.6) is 0 Å². The number of hydrogen-bond acceptors (Lipinski definition) is 4. The summed E-state index contributed by atoms with van der Waals surface area (Å²) in [5.74, 6) is 1.75. The Labute approximate surface area is 96.7 Å². The Morgan fingerprint density at radius 3 is 2.81 bits per heavy atom. The van der Waals surface area contributed by atoms with E-state index in [-0.39, 0.29) is 0 Å². The number of methoxy groups -OCH3 is 1. The van der Waals surface area contributed by atoms with E-state index in [1.165, 1.54) is 0 Å². The molecule has 4 heteroatoms. The summed E-state index contributed by atoms with van der Waals surface area (Å²) in [4.78, 5) is 2.20. The van der Waals surface area contributed by atoms with E-state index in [4.69, 9.17) is 14.9 Å². The molecule has 1 aromatic rings. The van der Waals surface area contributed by atoms with E-state index < -0.39 is 0 Å². The molecule has 16 heavy (non-hydrogen) atoms. The molecular formula is C12H20N2O2. The normalized spacial score (nSPS) is 10.9. The maximum absolute atomic E-state index is 5.55. The minimum Gasteiger partial charge on any atom is -0.463 e. The Morgan fingerprint density at radius 1 is 1.50 bits per heavy atom. The summed E-state index contributed by atoms with van der Waals surface area (Å²) in [5, 5.41) is 0. The van der Waals surface area contributed by atoms with Gasteiger partial charge in [0.05, 0.1) is 19.7 Å². The average Bonchev–Trinajstić information content (AvgIpc) is 2.74. The standard InChI is InChI=1S/C12H20N2O2/c1-3-6-14(7-8-15-2)10-12-5-4-11(9-13)16-12/h3-5H,1,6-10,13H2,2H3. The molecule has 0 amide bonds. The van der Waals surface area contributed by atoms with Gasteiger partial charge in [-0.25, -0.2) is 0 Å². The number of rotatable bonds is 8. The largest absolute Gasteiger partial charge is 0.463 e. The van der Waals surface area contributed by atoms with Gasteiger partial charge in [-0.05, 0) is 12.1 Å². The summed E-state index contributed by atoms with van der Waals surface area (Å²) < 4.78 is 10.6. The maximum atomic E-state index is 5.55. The van der Waals surface area contributed by atoms with Crippen LogP contribution in [0.4, 0.5) is 0 Å². The minimum atomic E-state index is 0.444. The van der Waals surface area contributed by atoms with Gasteiger partial charge in [0.15, 0.2) is 0 Å². The van der Waals surface area contributed by atoms with Crippen molar-refractivity contribution in [2.24, 2.45) is 5.73 Å². The number of ether oxygens (including phenoxy) is 1. The number of nitrogens with two attached hydrogens (primary N) is 1. The van der Waals surface area contributed by atoms with Crippen molar-refractivity contribution in [2.75, 3.05) is 26.8 Å². The second-order valence-corrected chi connectivity index (χ2v) is 3.59. The maximum Gasteiger partial charge on any atom is 0.118 e. The predicted octanol–water partition coefficient (Wildman–Crippen LogP) is 1.37. The van der Waals surface area contributed by atoms with Crippen LogP contribution in [0.15, 0.2) is 29.2 Å². The Balaban J connectivity index is 2.49. The average molecular weight is 224 g/mol. The third-order valence-corrected chi connectivity index (χ3v) is 2.30. The SMILES string of the molecule is C=CCN(CCOC)Cc1ccc(CN)o1. The third kappa shape index (κ3) is 4.18. The van der Waals surface area contributed by atoms with Gasteiger partial charge in [0.1, 0.15) is 11.5 Å². The van der Waals surface area contributed by atoms with E-state index in [2.05, 4.69) is 11.5 Å². The van der Waals surface area contributed by atoms with Crippen LogP contribution < -0.4 is 5.73 Å². The van der Waals surface area contributed by atoms with Crippen LogP contribution in [0.3, 0.4) is 0 Å². The fourth-order valence-corrected chi connectivity index (χ4v) is 1.48. The first kappa shape index (κ1) is 13.0. The highest BCUT2D eigenvalue weighted by Crippen LogP contribution is 2.10. The van der Waals surface area contributed by atoms with E-state index in [1.54, 1.807) is 7.11 Å². The van der Waals surface area contributed by atoms with Crippen LogP contribution in [-0.4, -0.2) is 31.7 Å². The molecular weight excluding hydrogens is 204 g/mol. The molecule has 1 rings (SSSR count). The zero-order chi connectivity index (χ0) is 11.8. The van der Waals surface area contributed by atoms with Crippen molar-refractivity contribution in [2.45, 2.75) is 13.1 Å². The van der Waals surface area contributed by atoms with Crippen LogP contribution in [0.1, 0.15) is 11.5 Å². The first-order valence-corrected chi connectivity index (χ1v) is 5.40. The predicted molar refractivity (Wildman–Crippen MR) is 63.9 cm³/mol. The summed E-state index contributed by atoms with van der Waals surface area (Å²) in [6.07, 6.45) is 1.88. The second kappa shape index (κ2) is 7.22. The van der Waals surface area contributed by atoms with Crippen molar-refractivity contribution < 1.29 is 9.15 Å². The van der Waals surface area contributed by atoms with E-state index in [9.17, 15) is 0 Å². The fourth-order valence-electron chi connectivity index (χ4n) is 1.48. The first-order chi connectivity index (χ1) is 7.80. The lowest BCUT2D eigenvalue weighted by Gasteiger charge is -2.18. The molecule has 0 saturated heterocycles. The molecule has 1 aromatic heterocycles. The molecule has 0 spiro atoms. The Bertz CT molecular complexity index is 310. The molecule has 4 nitrogen and oxygen atoms in total. The van der Waals surface area contributed by atoms with E-state index in [0.717, 1.165) is 31.2 Å². The highest BCUT2D eigenvalue weighted by Gasteiger charge is 2.07. The van der Waals surface area contributed by atoms with Gasteiger partial charge in [-0.1, -0.05) is 6.08 Å². The quantitative estimate of drug-likeness (QED) is 0.678. The lowest BCUT2D eigenvalue weighted by Crippen LogP contribution is -2.26. The summed E-state index contributed by atoms with van der Waals surface area (Å²) in [6.45, 7) is 7.33. The number of furan rings is 1. The molecule has 0 fully saturated rings. The van der Waals surface area contributed by atoms with E-state index in [1.807, 2.05) is 18.2 Å². The van der Waals surface area contributed by atoms with Crippen LogP contribution in [0.2, 0.25) is 0 Å². The monoisotopic (exact) mass is 224 g/mol. The van der Waals surface area contributed by atoms with Gasteiger partial charge in [0, 0.05) is 20.2 Å². The van der Waals surface area contributed by atoms with Gasteiger partial charge < -0.3 is 14.9 Å². The first-order valence-electron chi connectivity index (χ1n) is 5.40. The molecule has 0 saturated carbocycles. The molecule has 0 radical (unpaired) electrons. The zero-order valence-electron chi connectivity index (χ0n) is 9.82. The van der Waals surface area contributed by atoms with Crippen LogP contribution >= 0.6 is 0 Å². The highest BCUT2D eigenvalue weighted by atomic mass is 16.5.